The van der Waals surface area contributed by atoms with Crippen molar-refractivity contribution in [1.29, 1.82) is 0 Å². The van der Waals surface area contributed by atoms with E-state index in [1.165, 1.54) is 38.5 Å². The zero-order chi connectivity index (χ0) is 56.1. The summed E-state index contributed by atoms with van der Waals surface area (Å²) in [6, 6.07) is 0. The molecule has 3 N–H and O–H groups in total. The molecule has 77 heavy (non-hydrogen) atoms. The van der Waals surface area contributed by atoms with Crippen LogP contribution >= 0.6 is 0 Å². The summed E-state index contributed by atoms with van der Waals surface area (Å²) in [7, 11) is 0. The van der Waals surface area contributed by atoms with Crippen LogP contribution in [0.25, 0.3) is 0 Å². The molecular weight excluding hydrogens is 973 g/mol. The lowest BCUT2D eigenvalue weighted by atomic mass is 9.98. The van der Waals surface area contributed by atoms with E-state index in [1.807, 2.05) is 0 Å². The molecule has 1 rings (SSSR count). The molecule has 438 valence electrons. The predicted molar refractivity (Wildman–Crippen MR) is 312 cm³/mol. The number of carbonyl (C=O) groups excluding carboxylic acids is 3. The number of aliphatic carboxylic acids is 1. The number of allylic oxidation sites excluding steroid dienone is 16. The van der Waals surface area contributed by atoms with E-state index in [1.54, 1.807) is 0 Å². The van der Waals surface area contributed by atoms with Gasteiger partial charge in [0.25, 0.3) is 0 Å². The van der Waals surface area contributed by atoms with Crippen molar-refractivity contribution in [3.05, 3.63) is 97.2 Å². The van der Waals surface area contributed by atoms with E-state index in [4.69, 9.17) is 23.7 Å². The molecule has 1 fully saturated rings. The summed E-state index contributed by atoms with van der Waals surface area (Å²) in [5.74, 6) is -3.19. The van der Waals surface area contributed by atoms with Gasteiger partial charge in [-0.05, 0) is 116 Å². The molecule has 0 bridgehead atoms. The first kappa shape index (κ1) is 70.7. The normalized spacial score (nSPS) is 18.7. The van der Waals surface area contributed by atoms with Crippen LogP contribution in [-0.4, -0.2) is 89.2 Å². The molecule has 0 aromatic carbocycles. The molecule has 0 aromatic heterocycles. The van der Waals surface area contributed by atoms with Crippen molar-refractivity contribution >= 4 is 23.9 Å². The van der Waals surface area contributed by atoms with Gasteiger partial charge in [-0.2, -0.15) is 0 Å². The van der Waals surface area contributed by atoms with Crippen LogP contribution in [-0.2, 0) is 42.9 Å². The second-order valence-corrected chi connectivity index (χ2v) is 20.2. The number of carbonyl (C=O) groups is 4. The van der Waals surface area contributed by atoms with E-state index in [9.17, 15) is 34.5 Å². The van der Waals surface area contributed by atoms with Crippen LogP contribution in [0.15, 0.2) is 97.2 Å². The second-order valence-electron chi connectivity index (χ2n) is 20.2. The molecule has 12 heteroatoms. The van der Waals surface area contributed by atoms with Crippen molar-refractivity contribution in [2.24, 2.45) is 0 Å². The van der Waals surface area contributed by atoms with Crippen molar-refractivity contribution in [2.75, 3.05) is 13.2 Å². The molecule has 1 heterocycles. The van der Waals surface area contributed by atoms with Gasteiger partial charge in [0.2, 0.25) is 0 Å². The lowest BCUT2D eigenvalue weighted by molar-refractivity contribution is -0.301. The summed E-state index contributed by atoms with van der Waals surface area (Å²) in [6.45, 7) is 5.72. The molecule has 0 saturated carbocycles. The third-order valence-corrected chi connectivity index (χ3v) is 13.1. The molecule has 0 radical (unpaired) electrons. The topological polar surface area (TPSA) is 175 Å². The van der Waals surface area contributed by atoms with Gasteiger partial charge in [0.1, 0.15) is 18.8 Å². The Morgan fingerprint density at radius 3 is 1.27 bits per heavy atom. The summed E-state index contributed by atoms with van der Waals surface area (Å²) in [4.78, 5) is 51.2. The Bertz CT molecular complexity index is 1710. The Balaban J connectivity index is 2.71. The smallest absolute Gasteiger partial charge is 0.335 e. The Kier molecular flexibility index (Phi) is 48.0. The van der Waals surface area contributed by atoms with Crippen molar-refractivity contribution in [2.45, 2.75) is 276 Å². The fourth-order valence-electron chi connectivity index (χ4n) is 8.54. The van der Waals surface area contributed by atoms with Crippen molar-refractivity contribution in [3.8, 4) is 0 Å². The molecule has 0 aromatic rings. The second kappa shape index (κ2) is 52.3. The van der Waals surface area contributed by atoms with Crippen LogP contribution in [0, 0.1) is 0 Å². The quantitative estimate of drug-likeness (QED) is 0.0228. The standard InChI is InChI=1S/C65H106O12/c1-4-7-10-13-16-19-22-25-27-28-29-30-32-34-36-39-42-45-48-51-57(66)73-54-56(75-58(67)52-49-46-43-40-38-35-31-26-23-20-17-14-11-8-5-2)55-74-65-63(61(70)60(69)62(77-65)64(71)72)76-59(68)53-50-47-44-41-37-33-24-21-18-15-12-9-6-3/h7,9-10,12,16,18-19,21,25-27,29-31,33,37,56,60-63,65,69-70H,4-6,8,11,13-15,17,20,22-24,28,32,34-36,38-55H2,1-3H3,(H,71,72)/b10-7-,12-9-,19-16-,21-18-,27-25-,30-29-,31-26-,37-33-. The number of unbranched alkanes of at least 4 members (excludes halogenated alkanes) is 20. The van der Waals surface area contributed by atoms with Gasteiger partial charge in [0.05, 0.1) is 6.61 Å². The number of aliphatic hydroxyl groups is 2. The van der Waals surface area contributed by atoms with Gasteiger partial charge in [-0.15, -0.1) is 0 Å². The highest BCUT2D eigenvalue weighted by molar-refractivity contribution is 5.74. The van der Waals surface area contributed by atoms with Crippen LogP contribution in [0.2, 0.25) is 0 Å². The number of hydrogen-bond acceptors (Lipinski definition) is 11. The van der Waals surface area contributed by atoms with Crippen LogP contribution in [0.1, 0.15) is 239 Å². The van der Waals surface area contributed by atoms with Gasteiger partial charge in [-0.3, -0.25) is 14.4 Å². The zero-order valence-electron chi connectivity index (χ0n) is 48.2. The third-order valence-electron chi connectivity index (χ3n) is 13.1. The van der Waals surface area contributed by atoms with Gasteiger partial charge in [0, 0.05) is 19.3 Å². The van der Waals surface area contributed by atoms with Crippen molar-refractivity contribution in [1.82, 2.24) is 0 Å². The summed E-state index contributed by atoms with van der Waals surface area (Å²) in [5.41, 5.74) is 0. The molecule has 0 aliphatic carbocycles. The van der Waals surface area contributed by atoms with Gasteiger partial charge in [0.15, 0.2) is 24.6 Å². The number of carboxylic acid groups (broad SMARTS) is 1. The largest absolute Gasteiger partial charge is 0.479 e. The SMILES string of the molecule is CC/C=C\C/C=C\C/C=C\C/C=C\CCCCCCCCC(=O)OCC(COC1OC(C(=O)O)C(O)C(O)C1OC(=O)CCCCC/C=C\C/C=C\C/C=C\CC)OC(=O)CCCCCCC/C=C\CCCCCCCC. The molecule has 12 nitrogen and oxygen atoms in total. The lowest BCUT2D eigenvalue weighted by Crippen LogP contribution is -2.61. The Morgan fingerprint density at radius 2 is 0.818 bits per heavy atom. The highest BCUT2D eigenvalue weighted by atomic mass is 16.7. The van der Waals surface area contributed by atoms with Gasteiger partial charge >= 0.3 is 23.9 Å². The molecule has 0 amide bonds. The van der Waals surface area contributed by atoms with Crippen LogP contribution < -0.4 is 0 Å². The summed E-state index contributed by atoms with van der Waals surface area (Å²) in [5, 5.41) is 31.5. The lowest BCUT2D eigenvalue weighted by Gasteiger charge is -2.40. The van der Waals surface area contributed by atoms with Gasteiger partial charge < -0.3 is 39.0 Å². The average Bonchev–Trinajstić information content (AvgIpc) is 3.42. The van der Waals surface area contributed by atoms with E-state index in [0.29, 0.717) is 19.3 Å². The fourth-order valence-corrected chi connectivity index (χ4v) is 8.54. The van der Waals surface area contributed by atoms with E-state index >= 15 is 0 Å². The number of ether oxygens (including phenoxy) is 5. The maximum atomic E-state index is 13.2. The first-order valence-corrected chi connectivity index (χ1v) is 30.2. The first-order chi connectivity index (χ1) is 37.6. The molecular formula is C65H106O12. The monoisotopic (exact) mass is 1080 g/mol. The summed E-state index contributed by atoms with van der Waals surface area (Å²) in [6.07, 6.45) is 56.6. The predicted octanol–water partition coefficient (Wildman–Crippen LogP) is 15.7. The minimum Gasteiger partial charge on any atom is -0.479 e. The number of aliphatic hydroxyl groups excluding tert-OH is 2. The minimum absolute atomic E-state index is 0.0192. The highest BCUT2D eigenvalue weighted by Gasteiger charge is 2.50. The van der Waals surface area contributed by atoms with Gasteiger partial charge in [-0.25, -0.2) is 4.79 Å². The summed E-state index contributed by atoms with van der Waals surface area (Å²) < 4.78 is 28.4. The molecule has 6 atom stereocenters. The van der Waals surface area contributed by atoms with E-state index < -0.39 is 67.3 Å². The van der Waals surface area contributed by atoms with E-state index in [2.05, 4.69) is 118 Å². The summed E-state index contributed by atoms with van der Waals surface area (Å²) >= 11 is 0. The number of carboxylic acids is 1. The first-order valence-electron chi connectivity index (χ1n) is 30.2. The number of hydrogen-bond donors (Lipinski definition) is 3. The molecule has 0 spiro atoms. The zero-order valence-corrected chi connectivity index (χ0v) is 48.2. The van der Waals surface area contributed by atoms with E-state index in [-0.39, 0.29) is 25.9 Å². The molecule has 1 saturated heterocycles. The average molecular weight is 1080 g/mol. The Labute approximate surface area is 466 Å². The van der Waals surface area contributed by atoms with Crippen LogP contribution in [0.5, 0.6) is 0 Å². The Morgan fingerprint density at radius 1 is 0.442 bits per heavy atom. The maximum Gasteiger partial charge on any atom is 0.335 e. The molecule has 6 unspecified atom stereocenters. The van der Waals surface area contributed by atoms with Gasteiger partial charge in [-0.1, -0.05) is 201 Å². The van der Waals surface area contributed by atoms with E-state index in [0.717, 1.165) is 141 Å². The van der Waals surface area contributed by atoms with Crippen LogP contribution in [0.4, 0.5) is 0 Å². The highest BCUT2D eigenvalue weighted by Crippen LogP contribution is 2.26. The molecule has 1 aliphatic rings. The number of rotatable bonds is 50. The van der Waals surface area contributed by atoms with Crippen molar-refractivity contribution in [3.63, 3.8) is 0 Å². The number of esters is 3. The molecule has 1 aliphatic heterocycles. The minimum atomic E-state index is -1.92. The maximum absolute atomic E-state index is 13.2. The van der Waals surface area contributed by atoms with Crippen molar-refractivity contribution < 1.29 is 58.2 Å². The fraction of sp³-hybridized carbons (Fsp3) is 0.692. The Hall–Kier alpha value is -4.36. The third kappa shape index (κ3) is 42.3. The van der Waals surface area contributed by atoms with Crippen LogP contribution in [0.3, 0.4) is 0 Å².